The molecule has 2 rings (SSSR count). The number of amides is 1. The molecule has 1 aromatic rings. The third-order valence-corrected chi connectivity index (χ3v) is 3.32. The van der Waals surface area contributed by atoms with E-state index in [1.54, 1.807) is 18.2 Å². The molecule has 104 valence electrons. The highest BCUT2D eigenvalue weighted by atomic mass is 16.2. The Bertz CT molecular complexity index is 429. The van der Waals surface area contributed by atoms with Gasteiger partial charge in [0.25, 0.3) is 5.91 Å². The quantitative estimate of drug-likeness (QED) is 0.612. The Hall–Kier alpha value is -1.66. The lowest BCUT2D eigenvalue weighted by Crippen LogP contribution is -2.48. The minimum atomic E-state index is -0.0201. The monoisotopic (exact) mass is 263 g/mol. The van der Waals surface area contributed by atoms with Crippen molar-refractivity contribution in [2.24, 2.45) is 5.84 Å². The molecule has 6 nitrogen and oxygen atoms in total. The van der Waals surface area contributed by atoms with E-state index in [2.05, 4.69) is 22.2 Å². The van der Waals surface area contributed by atoms with Gasteiger partial charge in [-0.15, -0.1) is 0 Å². The second-order valence-corrected chi connectivity index (χ2v) is 4.69. The number of nitrogens with one attached hydrogen (secondary N) is 1. The summed E-state index contributed by atoms with van der Waals surface area (Å²) in [6.07, 6.45) is 1.15. The average Bonchev–Trinajstić information content (AvgIpc) is 2.48. The molecule has 0 aromatic carbocycles. The summed E-state index contributed by atoms with van der Waals surface area (Å²) in [6, 6.07) is 5.24. The lowest BCUT2D eigenvalue weighted by atomic mass is 10.2. The van der Waals surface area contributed by atoms with E-state index in [1.165, 1.54) is 0 Å². The summed E-state index contributed by atoms with van der Waals surface area (Å²) >= 11 is 0. The van der Waals surface area contributed by atoms with Crippen molar-refractivity contribution in [1.82, 2.24) is 14.8 Å². The number of piperazine rings is 1. The normalized spacial score (nSPS) is 16.4. The van der Waals surface area contributed by atoms with Crippen LogP contribution in [0.1, 0.15) is 23.8 Å². The zero-order valence-electron chi connectivity index (χ0n) is 11.3. The molecular formula is C13H21N5O. The molecule has 0 radical (unpaired) electrons. The first-order chi connectivity index (χ1) is 9.24. The number of carbonyl (C=O) groups is 1. The minimum Gasteiger partial charge on any atom is -0.335 e. The van der Waals surface area contributed by atoms with Crippen LogP contribution in [0.3, 0.4) is 0 Å². The zero-order chi connectivity index (χ0) is 13.7. The SMILES string of the molecule is CCCN1CCN(C(=O)c2cccc(NN)n2)CC1. The molecule has 1 aliphatic rings. The minimum absolute atomic E-state index is 0.0201. The molecule has 1 saturated heterocycles. The van der Waals surface area contributed by atoms with Gasteiger partial charge in [-0.05, 0) is 25.1 Å². The number of pyridine rings is 1. The lowest BCUT2D eigenvalue weighted by Gasteiger charge is -2.34. The van der Waals surface area contributed by atoms with Crippen molar-refractivity contribution in [3.63, 3.8) is 0 Å². The number of rotatable bonds is 4. The summed E-state index contributed by atoms with van der Waals surface area (Å²) in [6.45, 7) is 6.68. The first-order valence-corrected chi connectivity index (χ1v) is 6.70. The van der Waals surface area contributed by atoms with E-state index < -0.39 is 0 Å². The predicted octanol–water partition coefficient (Wildman–Crippen LogP) is 0.535. The van der Waals surface area contributed by atoms with Crippen molar-refractivity contribution >= 4 is 11.7 Å². The third kappa shape index (κ3) is 3.42. The van der Waals surface area contributed by atoms with Crippen LogP contribution in [0.25, 0.3) is 0 Å². The fourth-order valence-corrected chi connectivity index (χ4v) is 2.29. The molecule has 0 unspecified atom stereocenters. The van der Waals surface area contributed by atoms with Crippen molar-refractivity contribution in [1.29, 1.82) is 0 Å². The predicted molar refractivity (Wildman–Crippen MR) is 74.7 cm³/mol. The van der Waals surface area contributed by atoms with E-state index in [-0.39, 0.29) is 5.91 Å². The van der Waals surface area contributed by atoms with E-state index in [0.717, 1.165) is 39.1 Å². The van der Waals surface area contributed by atoms with E-state index in [0.29, 0.717) is 11.5 Å². The summed E-state index contributed by atoms with van der Waals surface area (Å²) < 4.78 is 0. The standard InChI is InChI=1S/C13H21N5O/c1-2-6-17-7-9-18(10-8-17)13(19)11-4-3-5-12(15-11)16-14/h3-5H,2,6-10,14H2,1H3,(H,15,16). The van der Waals surface area contributed by atoms with Gasteiger partial charge in [0, 0.05) is 26.2 Å². The molecule has 0 bridgehead atoms. The molecule has 3 N–H and O–H groups in total. The molecule has 1 amide bonds. The van der Waals surface area contributed by atoms with Gasteiger partial charge in [0.1, 0.15) is 11.5 Å². The lowest BCUT2D eigenvalue weighted by molar-refractivity contribution is 0.0632. The maximum atomic E-state index is 12.3. The van der Waals surface area contributed by atoms with Crippen LogP contribution in [0.5, 0.6) is 0 Å². The highest BCUT2D eigenvalue weighted by Gasteiger charge is 2.22. The van der Waals surface area contributed by atoms with Gasteiger partial charge in [0.05, 0.1) is 0 Å². The maximum absolute atomic E-state index is 12.3. The number of nitrogens with zero attached hydrogens (tertiary/aromatic N) is 3. The molecule has 1 aliphatic heterocycles. The van der Waals surface area contributed by atoms with Gasteiger partial charge in [-0.2, -0.15) is 0 Å². The van der Waals surface area contributed by atoms with Gasteiger partial charge in [0.15, 0.2) is 0 Å². The molecule has 0 aliphatic carbocycles. The Morgan fingerprint density at radius 2 is 2.11 bits per heavy atom. The highest BCUT2D eigenvalue weighted by molar-refractivity contribution is 5.92. The van der Waals surface area contributed by atoms with Crippen LogP contribution in [0.2, 0.25) is 0 Å². The summed E-state index contributed by atoms with van der Waals surface area (Å²) in [4.78, 5) is 20.7. The van der Waals surface area contributed by atoms with Gasteiger partial charge >= 0.3 is 0 Å². The van der Waals surface area contributed by atoms with E-state index in [4.69, 9.17) is 5.84 Å². The summed E-state index contributed by atoms with van der Waals surface area (Å²) in [5.41, 5.74) is 2.90. The van der Waals surface area contributed by atoms with Gasteiger partial charge in [-0.1, -0.05) is 13.0 Å². The Balaban J connectivity index is 1.97. The molecule has 2 heterocycles. The van der Waals surface area contributed by atoms with Crippen LogP contribution < -0.4 is 11.3 Å². The topological polar surface area (TPSA) is 74.5 Å². The number of anilines is 1. The fraction of sp³-hybridized carbons (Fsp3) is 0.538. The summed E-state index contributed by atoms with van der Waals surface area (Å²) in [5.74, 6) is 5.79. The first kappa shape index (κ1) is 13.8. The van der Waals surface area contributed by atoms with Crippen molar-refractivity contribution < 1.29 is 4.79 Å². The molecule has 6 heteroatoms. The zero-order valence-corrected chi connectivity index (χ0v) is 11.3. The van der Waals surface area contributed by atoms with E-state index in [9.17, 15) is 4.79 Å². The van der Waals surface area contributed by atoms with E-state index >= 15 is 0 Å². The Morgan fingerprint density at radius 1 is 1.37 bits per heavy atom. The number of aromatic nitrogens is 1. The summed E-state index contributed by atoms with van der Waals surface area (Å²) in [7, 11) is 0. The molecule has 0 spiro atoms. The Kier molecular flexibility index (Phi) is 4.70. The molecule has 0 saturated carbocycles. The molecule has 0 atom stereocenters. The number of hydrazine groups is 1. The van der Waals surface area contributed by atoms with Gasteiger partial charge in [-0.25, -0.2) is 10.8 Å². The number of carbonyl (C=O) groups excluding carboxylic acids is 1. The largest absolute Gasteiger partial charge is 0.335 e. The molecule has 1 fully saturated rings. The Morgan fingerprint density at radius 3 is 2.74 bits per heavy atom. The van der Waals surface area contributed by atoms with Crippen molar-refractivity contribution in [2.45, 2.75) is 13.3 Å². The average molecular weight is 263 g/mol. The Labute approximate surface area is 113 Å². The van der Waals surface area contributed by atoms with Crippen molar-refractivity contribution in [3.05, 3.63) is 23.9 Å². The van der Waals surface area contributed by atoms with Crippen LogP contribution >= 0.6 is 0 Å². The number of hydrogen-bond acceptors (Lipinski definition) is 5. The van der Waals surface area contributed by atoms with Crippen LogP contribution in [-0.2, 0) is 0 Å². The second kappa shape index (κ2) is 6.49. The van der Waals surface area contributed by atoms with E-state index in [1.807, 2.05) is 4.90 Å². The molecule has 19 heavy (non-hydrogen) atoms. The smallest absolute Gasteiger partial charge is 0.272 e. The first-order valence-electron chi connectivity index (χ1n) is 6.70. The number of nitrogen functional groups attached to an aromatic ring is 1. The van der Waals surface area contributed by atoms with Crippen molar-refractivity contribution in [2.75, 3.05) is 38.1 Å². The van der Waals surface area contributed by atoms with Gasteiger partial charge in [-0.3, -0.25) is 9.69 Å². The summed E-state index contributed by atoms with van der Waals surface area (Å²) in [5, 5.41) is 0. The molecular weight excluding hydrogens is 242 g/mol. The van der Waals surface area contributed by atoms with Crippen LogP contribution in [0.4, 0.5) is 5.82 Å². The van der Waals surface area contributed by atoms with Crippen molar-refractivity contribution in [3.8, 4) is 0 Å². The maximum Gasteiger partial charge on any atom is 0.272 e. The van der Waals surface area contributed by atoms with Crippen LogP contribution in [0, 0.1) is 0 Å². The number of hydrogen-bond donors (Lipinski definition) is 2. The van der Waals surface area contributed by atoms with Crippen LogP contribution in [0.15, 0.2) is 18.2 Å². The molecule has 1 aromatic heterocycles. The third-order valence-electron chi connectivity index (χ3n) is 3.32. The second-order valence-electron chi connectivity index (χ2n) is 4.69. The van der Waals surface area contributed by atoms with Gasteiger partial charge in [0.2, 0.25) is 0 Å². The highest BCUT2D eigenvalue weighted by Crippen LogP contribution is 2.09. The van der Waals surface area contributed by atoms with Gasteiger partial charge < -0.3 is 10.3 Å². The van der Waals surface area contributed by atoms with Crippen LogP contribution in [-0.4, -0.2) is 53.4 Å². The fourth-order valence-electron chi connectivity index (χ4n) is 2.29. The number of nitrogens with two attached hydrogens (primary N) is 1.